The van der Waals surface area contributed by atoms with Gasteiger partial charge in [-0.3, -0.25) is 10.1 Å². The van der Waals surface area contributed by atoms with Crippen molar-refractivity contribution < 1.29 is 13.7 Å². The Morgan fingerprint density at radius 3 is 2.76 bits per heavy atom. The summed E-state index contributed by atoms with van der Waals surface area (Å²) in [5.74, 6) is -0.0954. The van der Waals surface area contributed by atoms with Gasteiger partial charge in [0.1, 0.15) is 0 Å². The molecule has 0 aliphatic heterocycles. The molecule has 1 N–H and O–H groups in total. The van der Waals surface area contributed by atoms with Gasteiger partial charge in [0, 0.05) is 11.1 Å². The molecule has 3 rings (SSSR count). The third-order valence-corrected chi connectivity index (χ3v) is 3.02. The summed E-state index contributed by atoms with van der Waals surface area (Å²) in [4.78, 5) is 12.0. The fourth-order valence-electron chi connectivity index (χ4n) is 1.54. The van der Waals surface area contributed by atoms with Crippen LogP contribution in [0.25, 0.3) is 11.7 Å². The molecule has 106 valence electrons. The lowest BCUT2D eigenvalue weighted by Gasteiger charge is -2.03. The summed E-state index contributed by atoms with van der Waals surface area (Å²) < 4.78 is 10.1. The molecule has 0 spiro atoms. The van der Waals surface area contributed by atoms with E-state index in [0.717, 1.165) is 0 Å². The van der Waals surface area contributed by atoms with Crippen molar-refractivity contribution in [3.8, 4) is 11.7 Å². The normalized spacial score (nSPS) is 10.6. The van der Waals surface area contributed by atoms with Gasteiger partial charge in [-0.2, -0.15) is 0 Å². The van der Waals surface area contributed by atoms with Gasteiger partial charge in [0.15, 0.2) is 0 Å². The number of anilines is 1. The van der Waals surface area contributed by atoms with Crippen LogP contribution in [0.5, 0.6) is 0 Å². The summed E-state index contributed by atoms with van der Waals surface area (Å²) in [6.45, 7) is 0. The van der Waals surface area contributed by atoms with Crippen molar-refractivity contribution in [1.29, 1.82) is 0 Å². The van der Waals surface area contributed by atoms with E-state index in [1.807, 2.05) is 0 Å². The number of amides is 1. The van der Waals surface area contributed by atoms with E-state index in [-0.39, 0.29) is 22.5 Å². The SMILES string of the molecule is O=C(Nc1nnc(-c2ccno2)o1)c1ccc(Cl)cc1Cl. The highest BCUT2D eigenvalue weighted by Crippen LogP contribution is 2.23. The number of nitrogens with zero attached hydrogens (tertiary/aromatic N) is 3. The topological polar surface area (TPSA) is 94.1 Å². The quantitative estimate of drug-likeness (QED) is 0.794. The monoisotopic (exact) mass is 324 g/mol. The molecule has 0 saturated heterocycles. The maximum absolute atomic E-state index is 12.0. The average Bonchev–Trinajstić information content (AvgIpc) is 3.08. The molecule has 0 aliphatic rings. The van der Waals surface area contributed by atoms with E-state index in [9.17, 15) is 4.79 Å². The molecule has 0 bridgehead atoms. The zero-order chi connectivity index (χ0) is 14.8. The van der Waals surface area contributed by atoms with Gasteiger partial charge in [0.2, 0.25) is 5.76 Å². The van der Waals surface area contributed by atoms with Gasteiger partial charge in [-0.1, -0.05) is 33.5 Å². The van der Waals surface area contributed by atoms with Crippen molar-refractivity contribution in [1.82, 2.24) is 15.4 Å². The lowest BCUT2D eigenvalue weighted by Crippen LogP contribution is -2.12. The molecule has 3 aromatic rings. The maximum Gasteiger partial charge on any atom is 0.322 e. The highest BCUT2D eigenvalue weighted by atomic mass is 35.5. The molecule has 0 aliphatic carbocycles. The molecule has 0 atom stereocenters. The van der Waals surface area contributed by atoms with E-state index >= 15 is 0 Å². The highest BCUT2D eigenvalue weighted by Gasteiger charge is 2.16. The number of hydrogen-bond acceptors (Lipinski definition) is 6. The van der Waals surface area contributed by atoms with Gasteiger partial charge in [-0.05, 0) is 18.2 Å². The number of carbonyl (C=O) groups is 1. The number of hydrogen-bond donors (Lipinski definition) is 1. The van der Waals surface area contributed by atoms with E-state index in [1.165, 1.54) is 18.3 Å². The number of benzene rings is 1. The first-order chi connectivity index (χ1) is 10.1. The first-order valence-corrected chi connectivity index (χ1v) is 6.40. The molecule has 2 aromatic heterocycles. The van der Waals surface area contributed by atoms with Gasteiger partial charge in [0.25, 0.3) is 11.8 Å². The highest BCUT2D eigenvalue weighted by molar-refractivity contribution is 6.37. The lowest BCUT2D eigenvalue weighted by atomic mass is 10.2. The molecule has 9 heteroatoms. The fraction of sp³-hybridized carbons (Fsp3) is 0. The molecule has 2 heterocycles. The minimum atomic E-state index is -0.496. The van der Waals surface area contributed by atoms with E-state index in [4.69, 9.17) is 32.1 Å². The molecule has 0 unspecified atom stereocenters. The molecule has 7 nitrogen and oxygen atoms in total. The van der Waals surface area contributed by atoms with Gasteiger partial charge in [-0.25, -0.2) is 0 Å². The summed E-state index contributed by atoms with van der Waals surface area (Å²) in [6.07, 6.45) is 1.44. The van der Waals surface area contributed by atoms with Crippen LogP contribution in [0.15, 0.2) is 39.4 Å². The minimum absolute atomic E-state index is 0.0857. The Hall–Kier alpha value is -2.38. The van der Waals surface area contributed by atoms with Crippen LogP contribution in [0.2, 0.25) is 10.0 Å². The Morgan fingerprint density at radius 2 is 2.05 bits per heavy atom. The average molecular weight is 325 g/mol. The standard InChI is InChI=1S/C12H6Cl2N4O3/c13-6-1-2-7(8(14)5-6)10(19)16-12-18-17-11(20-12)9-3-4-15-21-9/h1-5H,(H,16,18,19). The molecule has 0 saturated carbocycles. The number of aromatic nitrogens is 3. The largest absolute Gasteiger partial charge is 0.400 e. The van der Waals surface area contributed by atoms with Gasteiger partial charge in [-0.15, -0.1) is 5.10 Å². The first kappa shape index (κ1) is 13.6. The molecule has 21 heavy (non-hydrogen) atoms. The number of rotatable bonds is 3. The summed E-state index contributed by atoms with van der Waals surface area (Å²) in [7, 11) is 0. The summed E-state index contributed by atoms with van der Waals surface area (Å²) in [5.41, 5.74) is 0.237. The van der Waals surface area contributed by atoms with Gasteiger partial charge < -0.3 is 8.94 Å². The van der Waals surface area contributed by atoms with E-state index in [1.54, 1.807) is 12.1 Å². The van der Waals surface area contributed by atoms with Crippen molar-refractivity contribution in [3.63, 3.8) is 0 Å². The Balaban J connectivity index is 1.79. The van der Waals surface area contributed by atoms with Crippen LogP contribution in [0.1, 0.15) is 10.4 Å². The second kappa shape index (κ2) is 5.55. The second-order valence-electron chi connectivity index (χ2n) is 3.87. The van der Waals surface area contributed by atoms with Crippen LogP contribution in [-0.4, -0.2) is 21.3 Å². The maximum atomic E-state index is 12.0. The number of halogens is 2. The molecule has 1 aromatic carbocycles. The molecule has 0 radical (unpaired) electrons. The Labute approximate surface area is 127 Å². The van der Waals surface area contributed by atoms with Crippen molar-refractivity contribution in [2.45, 2.75) is 0 Å². The van der Waals surface area contributed by atoms with Crippen molar-refractivity contribution in [2.24, 2.45) is 0 Å². The Kier molecular flexibility index (Phi) is 3.59. The van der Waals surface area contributed by atoms with Crippen molar-refractivity contribution in [2.75, 3.05) is 5.32 Å². The second-order valence-corrected chi connectivity index (χ2v) is 4.71. The zero-order valence-corrected chi connectivity index (χ0v) is 11.7. The number of nitrogens with one attached hydrogen (secondary N) is 1. The van der Waals surface area contributed by atoms with Crippen molar-refractivity contribution in [3.05, 3.63) is 46.1 Å². The molecule has 0 fully saturated rings. The lowest BCUT2D eigenvalue weighted by molar-refractivity contribution is 0.102. The fourth-order valence-corrected chi connectivity index (χ4v) is 2.03. The van der Waals surface area contributed by atoms with E-state index in [2.05, 4.69) is 20.7 Å². The van der Waals surface area contributed by atoms with Crippen LogP contribution < -0.4 is 5.32 Å². The third-order valence-electron chi connectivity index (χ3n) is 2.47. The summed E-state index contributed by atoms with van der Waals surface area (Å²) in [5, 5.41) is 14.0. The smallest absolute Gasteiger partial charge is 0.322 e. The minimum Gasteiger partial charge on any atom is -0.400 e. The van der Waals surface area contributed by atoms with Gasteiger partial charge >= 0.3 is 6.01 Å². The van der Waals surface area contributed by atoms with Gasteiger partial charge in [0.05, 0.1) is 16.8 Å². The predicted octanol–water partition coefficient (Wildman–Crippen LogP) is 3.28. The van der Waals surface area contributed by atoms with E-state index in [0.29, 0.717) is 10.8 Å². The molecular formula is C12H6Cl2N4O3. The van der Waals surface area contributed by atoms with Crippen LogP contribution >= 0.6 is 23.2 Å². The predicted molar refractivity (Wildman–Crippen MR) is 74.2 cm³/mol. The van der Waals surface area contributed by atoms with Crippen LogP contribution in [0.4, 0.5) is 6.01 Å². The Morgan fingerprint density at radius 1 is 1.19 bits per heavy atom. The first-order valence-electron chi connectivity index (χ1n) is 5.64. The van der Waals surface area contributed by atoms with Crippen molar-refractivity contribution >= 4 is 35.1 Å². The van der Waals surface area contributed by atoms with Crippen LogP contribution in [-0.2, 0) is 0 Å². The molecular weight excluding hydrogens is 319 g/mol. The summed E-state index contributed by atoms with van der Waals surface area (Å²) in [6, 6.07) is 5.97. The van der Waals surface area contributed by atoms with E-state index < -0.39 is 5.91 Å². The third kappa shape index (κ3) is 2.88. The van der Waals surface area contributed by atoms with Crippen LogP contribution in [0.3, 0.4) is 0 Å². The zero-order valence-electron chi connectivity index (χ0n) is 10.2. The summed E-state index contributed by atoms with van der Waals surface area (Å²) >= 11 is 11.7. The van der Waals surface area contributed by atoms with Crippen LogP contribution in [0, 0.1) is 0 Å². The molecule has 1 amide bonds. The number of carbonyl (C=O) groups excluding carboxylic acids is 1. The Bertz CT molecular complexity index is 786.